The number of hydrogen-bond acceptors (Lipinski definition) is 5. The van der Waals surface area contributed by atoms with Crippen LogP contribution in [0.2, 0.25) is 0 Å². The number of carbonyl (C=O) groups is 2. The molecule has 6 nitrogen and oxygen atoms in total. The molecule has 2 aliphatic heterocycles. The van der Waals surface area contributed by atoms with Gasteiger partial charge in [0.25, 0.3) is 0 Å². The second-order valence-electron chi connectivity index (χ2n) is 9.42. The first-order valence-electron chi connectivity index (χ1n) is 12.2. The summed E-state index contributed by atoms with van der Waals surface area (Å²) >= 11 is 1.79. The lowest BCUT2D eigenvalue weighted by molar-refractivity contribution is -0.160. The summed E-state index contributed by atoms with van der Waals surface area (Å²) in [5, 5.41) is 2.32. The van der Waals surface area contributed by atoms with E-state index in [1.165, 1.54) is 26.1 Å². The Balaban J connectivity index is 1.21. The summed E-state index contributed by atoms with van der Waals surface area (Å²) in [7, 11) is 0. The Bertz CT molecular complexity index is 1430. The molecule has 0 saturated carbocycles. The lowest BCUT2D eigenvalue weighted by Gasteiger charge is -2.46. The van der Waals surface area contributed by atoms with Crippen molar-refractivity contribution in [3.05, 3.63) is 76.8 Å². The topological polar surface area (TPSA) is 56.8 Å². The van der Waals surface area contributed by atoms with E-state index in [2.05, 4.69) is 59.3 Å². The molecule has 2 fully saturated rings. The summed E-state index contributed by atoms with van der Waals surface area (Å²) in [4.78, 5) is 38.3. The van der Waals surface area contributed by atoms with Gasteiger partial charge in [-0.3, -0.25) is 19.5 Å². The second-order valence-corrected chi connectivity index (χ2v) is 10.6. The minimum Gasteiger partial charge on any atom is -0.327 e. The number of fused-ring (bicyclic) bond motifs is 3. The Kier molecular flexibility index (Phi) is 5.74. The molecule has 4 aromatic rings. The van der Waals surface area contributed by atoms with E-state index in [0.717, 1.165) is 30.4 Å². The summed E-state index contributed by atoms with van der Waals surface area (Å²) < 4.78 is 1.24. The van der Waals surface area contributed by atoms with E-state index in [-0.39, 0.29) is 18.4 Å². The maximum Gasteiger partial charge on any atom is 0.247 e. The highest BCUT2D eigenvalue weighted by molar-refractivity contribution is 7.19. The van der Waals surface area contributed by atoms with Gasteiger partial charge in [-0.2, -0.15) is 0 Å². The van der Waals surface area contributed by atoms with Crippen molar-refractivity contribution in [2.45, 2.75) is 32.5 Å². The Hall–Kier alpha value is -3.29. The van der Waals surface area contributed by atoms with Crippen molar-refractivity contribution in [1.29, 1.82) is 0 Å². The standard InChI is InChI=1S/C28H28N4O2S/c1-2-25-22(21-7-3-4-8-26(21)35-25)16-31-18-27(33)32-13-12-30(17-24(32)28(31)34)15-19-9-10-23-20(14-19)6-5-11-29-23/h3-11,14,24H,2,12-13,15-18H2,1H3. The molecule has 1 atom stereocenters. The van der Waals surface area contributed by atoms with Crippen LogP contribution in [0.1, 0.15) is 22.9 Å². The molecule has 0 bridgehead atoms. The van der Waals surface area contributed by atoms with Crippen LogP contribution in [-0.4, -0.2) is 63.7 Å². The molecule has 4 heterocycles. The Labute approximate surface area is 208 Å². The monoisotopic (exact) mass is 484 g/mol. The maximum atomic E-state index is 13.6. The molecule has 2 aromatic carbocycles. The molecule has 35 heavy (non-hydrogen) atoms. The molecule has 0 spiro atoms. The number of nitrogens with zero attached hydrogens (tertiary/aromatic N) is 4. The molecule has 0 aliphatic carbocycles. The third-order valence-corrected chi connectivity index (χ3v) is 8.59. The fourth-order valence-electron chi connectivity index (χ4n) is 5.45. The Morgan fingerprint density at radius 3 is 2.80 bits per heavy atom. The van der Waals surface area contributed by atoms with Gasteiger partial charge in [0.15, 0.2) is 0 Å². The third-order valence-electron chi connectivity index (χ3n) is 7.23. The summed E-state index contributed by atoms with van der Waals surface area (Å²) in [6.45, 7) is 5.51. The highest BCUT2D eigenvalue weighted by Gasteiger charge is 2.42. The number of thiophene rings is 1. The Morgan fingerprint density at radius 2 is 1.91 bits per heavy atom. The van der Waals surface area contributed by atoms with Gasteiger partial charge in [-0.1, -0.05) is 37.3 Å². The number of hydrogen-bond donors (Lipinski definition) is 0. The fraction of sp³-hybridized carbons (Fsp3) is 0.321. The van der Waals surface area contributed by atoms with Gasteiger partial charge in [0.05, 0.1) is 5.52 Å². The van der Waals surface area contributed by atoms with E-state index in [4.69, 9.17) is 0 Å². The van der Waals surface area contributed by atoms with Crippen LogP contribution < -0.4 is 0 Å². The van der Waals surface area contributed by atoms with E-state index >= 15 is 0 Å². The molecule has 0 N–H and O–H groups in total. The number of amides is 2. The van der Waals surface area contributed by atoms with Crippen LogP contribution in [-0.2, 0) is 29.1 Å². The van der Waals surface area contributed by atoms with Crippen molar-refractivity contribution in [3.63, 3.8) is 0 Å². The second kappa shape index (κ2) is 9.06. The van der Waals surface area contributed by atoms with Crippen LogP contribution in [0.3, 0.4) is 0 Å². The lowest BCUT2D eigenvalue weighted by Crippen LogP contribution is -2.66. The summed E-state index contributed by atoms with van der Waals surface area (Å²) in [6, 6.07) is 18.3. The molecular weight excluding hydrogens is 456 g/mol. The predicted molar refractivity (Wildman–Crippen MR) is 139 cm³/mol. The molecule has 2 amide bonds. The molecule has 2 aromatic heterocycles. The van der Waals surface area contributed by atoms with Gasteiger partial charge in [-0.25, -0.2) is 0 Å². The van der Waals surface area contributed by atoms with E-state index in [1.54, 1.807) is 27.3 Å². The minimum atomic E-state index is -0.415. The fourth-order valence-corrected chi connectivity index (χ4v) is 6.61. The lowest BCUT2D eigenvalue weighted by atomic mass is 10.0. The number of benzene rings is 2. The van der Waals surface area contributed by atoms with Crippen molar-refractivity contribution in [1.82, 2.24) is 19.7 Å². The van der Waals surface area contributed by atoms with Crippen LogP contribution in [0.4, 0.5) is 0 Å². The van der Waals surface area contributed by atoms with Gasteiger partial charge in [-0.15, -0.1) is 11.3 Å². The first-order chi connectivity index (χ1) is 17.1. The van der Waals surface area contributed by atoms with Crippen molar-refractivity contribution in [2.75, 3.05) is 26.2 Å². The van der Waals surface area contributed by atoms with Gasteiger partial charge in [0.1, 0.15) is 12.6 Å². The molecule has 7 heteroatoms. The van der Waals surface area contributed by atoms with Crippen LogP contribution in [0.25, 0.3) is 21.0 Å². The zero-order valence-corrected chi connectivity index (χ0v) is 20.6. The Morgan fingerprint density at radius 1 is 1.03 bits per heavy atom. The van der Waals surface area contributed by atoms with Gasteiger partial charge >= 0.3 is 0 Å². The van der Waals surface area contributed by atoms with E-state index in [0.29, 0.717) is 19.6 Å². The van der Waals surface area contributed by atoms with E-state index in [9.17, 15) is 9.59 Å². The van der Waals surface area contributed by atoms with E-state index in [1.807, 2.05) is 12.1 Å². The van der Waals surface area contributed by atoms with Gasteiger partial charge in [0.2, 0.25) is 11.8 Å². The predicted octanol–water partition coefficient (Wildman–Crippen LogP) is 4.07. The van der Waals surface area contributed by atoms with Crippen LogP contribution in [0.15, 0.2) is 60.8 Å². The summed E-state index contributed by atoms with van der Waals surface area (Å²) in [6.07, 6.45) is 2.73. The quantitative estimate of drug-likeness (QED) is 0.429. The summed E-state index contributed by atoms with van der Waals surface area (Å²) in [5.74, 6) is 0.123. The maximum absolute atomic E-state index is 13.6. The molecule has 2 saturated heterocycles. The average Bonchev–Trinajstić information content (AvgIpc) is 3.24. The van der Waals surface area contributed by atoms with Crippen LogP contribution in [0, 0.1) is 0 Å². The van der Waals surface area contributed by atoms with Gasteiger partial charge in [0, 0.05) is 53.9 Å². The minimum absolute atomic E-state index is 0.0589. The van der Waals surface area contributed by atoms with Crippen LogP contribution in [0.5, 0.6) is 0 Å². The van der Waals surface area contributed by atoms with E-state index < -0.39 is 6.04 Å². The normalized spacial score (nSPS) is 19.1. The smallest absolute Gasteiger partial charge is 0.247 e. The number of rotatable bonds is 5. The summed E-state index contributed by atoms with van der Waals surface area (Å²) in [5.41, 5.74) is 3.38. The molecular formula is C28H28N4O2S. The van der Waals surface area contributed by atoms with Gasteiger partial charge in [-0.05, 0) is 47.2 Å². The zero-order valence-electron chi connectivity index (χ0n) is 19.8. The molecule has 178 valence electrons. The molecule has 6 rings (SSSR count). The number of pyridine rings is 1. The first-order valence-corrected chi connectivity index (χ1v) is 13.1. The zero-order chi connectivity index (χ0) is 23.9. The number of piperazine rings is 2. The highest BCUT2D eigenvalue weighted by Crippen LogP contribution is 2.33. The molecule has 2 aliphatic rings. The highest BCUT2D eigenvalue weighted by atomic mass is 32.1. The number of aryl methyl sites for hydroxylation is 1. The molecule has 0 radical (unpaired) electrons. The van der Waals surface area contributed by atoms with Gasteiger partial charge < -0.3 is 9.80 Å². The largest absolute Gasteiger partial charge is 0.327 e. The SMILES string of the molecule is CCc1sc2ccccc2c1CN1CC(=O)N2CCN(Cc3ccc4ncccc4c3)CC2C1=O. The van der Waals surface area contributed by atoms with Crippen molar-refractivity contribution < 1.29 is 9.59 Å². The van der Waals surface area contributed by atoms with Crippen molar-refractivity contribution >= 4 is 44.1 Å². The van der Waals surface area contributed by atoms with Crippen molar-refractivity contribution in [3.8, 4) is 0 Å². The average molecular weight is 485 g/mol. The number of aromatic nitrogens is 1. The van der Waals surface area contributed by atoms with Crippen molar-refractivity contribution in [2.24, 2.45) is 0 Å². The third kappa shape index (κ3) is 4.09. The van der Waals surface area contributed by atoms with Crippen LogP contribution >= 0.6 is 11.3 Å². The first kappa shape index (κ1) is 22.2. The molecule has 1 unspecified atom stereocenters. The number of carbonyl (C=O) groups excluding carboxylic acids is 2.